The average Bonchev–Trinajstić information content (AvgIpc) is 2.45. The van der Waals surface area contributed by atoms with Crippen LogP contribution in [-0.4, -0.2) is 29.5 Å². The summed E-state index contributed by atoms with van der Waals surface area (Å²) in [5.74, 6) is -1.19. The minimum Gasteiger partial charge on any atom is -0.465 e. The first-order valence-corrected chi connectivity index (χ1v) is 8.02. The fourth-order valence-corrected chi connectivity index (χ4v) is 2.42. The number of nitrogens with one attached hydrogen (secondary N) is 1. The third kappa shape index (κ3) is 6.31. The van der Waals surface area contributed by atoms with Gasteiger partial charge in [-0.2, -0.15) is 13.2 Å². The molecule has 0 saturated heterocycles. The summed E-state index contributed by atoms with van der Waals surface area (Å²) in [6.07, 6.45) is -4.64. The summed E-state index contributed by atoms with van der Waals surface area (Å²) in [6, 6.07) is 3.09. The van der Waals surface area contributed by atoms with Gasteiger partial charge in [0.15, 0.2) is 0 Å². The van der Waals surface area contributed by atoms with Crippen LogP contribution < -0.4 is 5.32 Å². The van der Waals surface area contributed by atoms with Crippen molar-refractivity contribution in [1.29, 1.82) is 0 Å². The van der Waals surface area contributed by atoms with Crippen LogP contribution in [0.2, 0.25) is 5.02 Å². The Labute approximate surface area is 140 Å². The fraction of sp³-hybridized carbons (Fsp3) is 0.429. The number of halogens is 4. The van der Waals surface area contributed by atoms with Crippen molar-refractivity contribution in [3.05, 3.63) is 28.8 Å². The Morgan fingerprint density at radius 3 is 2.61 bits per heavy atom. The van der Waals surface area contributed by atoms with E-state index >= 15 is 0 Å². The second-order valence-corrected chi connectivity index (χ2v) is 6.20. The monoisotopic (exact) mass is 369 g/mol. The minimum atomic E-state index is -4.64. The van der Waals surface area contributed by atoms with Gasteiger partial charge in [0.2, 0.25) is 5.91 Å². The molecular formula is C14H15ClF3NO3S. The molecule has 0 fully saturated rings. The zero-order valence-corrected chi connectivity index (χ0v) is 13.9. The molecule has 1 unspecified atom stereocenters. The molecule has 0 heterocycles. The molecule has 128 valence electrons. The maximum atomic E-state index is 12.9. The summed E-state index contributed by atoms with van der Waals surface area (Å²) in [5.41, 5.74) is -1.41. The molecule has 0 radical (unpaired) electrons. The van der Waals surface area contributed by atoms with Gasteiger partial charge in [0.25, 0.3) is 0 Å². The number of alkyl halides is 3. The van der Waals surface area contributed by atoms with Gasteiger partial charge < -0.3 is 10.1 Å². The SMILES string of the molecule is CCOC(=O)CSC(C)C(=O)Nc1ccc(Cl)cc1C(F)(F)F. The molecule has 0 bridgehead atoms. The smallest absolute Gasteiger partial charge is 0.418 e. The summed E-state index contributed by atoms with van der Waals surface area (Å²) in [6.45, 7) is 3.36. The van der Waals surface area contributed by atoms with Crippen molar-refractivity contribution in [2.24, 2.45) is 0 Å². The lowest BCUT2D eigenvalue weighted by atomic mass is 10.1. The first-order valence-electron chi connectivity index (χ1n) is 6.60. The Morgan fingerprint density at radius 2 is 2.04 bits per heavy atom. The van der Waals surface area contributed by atoms with E-state index in [1.54, 1.807) is 6.92 Å². The number of hydrogen-bond donors (Lipinski definition) is 1. The van der Waals surface area contributed by atoms with E-state index in [-0.39, 0.29) is 23.1 Å². The van der Waals surface area contributed by atoms with Gasteiger partial charge in [0.1, 0.15) is 0 Å². The highest BCUT2D eigenvalue weighted by Gasteiger charge is 2.34. The van der Waals surface area contributed by atoms with Gasteiger partial charge in [-0.25, -0.2) is 0 Å². The molecule has 1 aromatic carbocycles. The van der Waals surface area contributed by atoms with Crippen LogP contribution in [0.3, 0.4) is 0 Å². The van der Waals surface area contributed by atoms with Gasteiger partial charge >= 0.3 is 12.1 Å². The molecular weight excluding hydrogens is 355 g/mol. The van der Waals surface area contributed by atoms with Crippen molar-refractivity contribution in [1.82, 2.24) is 0 Å². The normalized spacial score (nSPS) is 12.6. The highest BCUT2D eigenvalue weighted by atomic mass is 35.5. The van der Waals surface area contributed by atoms with E-state index < -0.39 is 28.9 Å². The van der Waals surface area contributed by atoms with Gasteiger partial charge in [0, 0.05) is 5.02 Å². The van der Waals surface area contributed by atoms with Gasteiger partial charge in [0.05, 0.1) is 28.9 Å². The molecule has 23 heavy (non-hydrogen) atoms. The van der Waals surface area contributed by atoms with Crippen LogP contribution in [0.4, 0.5) is 18.9 Å². The Hall–Kier alpha value is -1.41. The third-order valence-electron chi connectivity index (χ3n) is 2.67. The largest absolute Gasteiger partial charge is 0.465 e. The summed E-state index contributed by atoms with van der Waals surface area (Å²) in [4.78, 5) is 23.2. The third-order valence-corrected chi connectivity index (χ3v) is 4.02. The van der Waals surface area contributed by atoms with Crippen molar-refractivity contribution >= 4 is 40.9 Å². The number of carbonyl (C=O) groups is 2. The van der Waals surface area contributed by atoms with Crippen LogP contribution in [0.1, 0.15) is 19.4 Å². The van der Waals surface area contributed by atoms with Crippen molar-refractivity contribution in [3.63, 3.8) is 0 Å². The molecule has 1 N–H and O–H groups in total. The summed E-state index contributed by atoms with van der Waals surface area (Å²) in [5, 5.41) is 1.40. The van der Waals surface area contributed by atoms with E-state index in [9.17, 15) is 22.8 Å². The van der Waals surface area contributed by atoms with Crippen molar-refractivity contribution in [3.8, 4) is 0 Å². The Bertz CT molecular complexity index is 581. The van der Waals surface area contributed by atoms with E-state index in [0.29, 0.717) is 0 Å². The van der Waals surface area contributed by atoms with Gasteiger partial charge in [-0.1, -0.05) is 11.6 Å². The van der Waals surface area contributed by atoms with Crippen LogP contribution in [-0.2, 0) is 20.5 Å². The first kappa shape index (κ1) is 19.6. The lowest BCUT2D eigenvalue weighted by Gasteiger charge is -2.16. The highest BCUT2D eigenvalue weighted by Crippen LogP contribution is 2.36. The second kappa shape index (κ2) is 8.44. The number of anilines is 1. The molecule has 0 aliphatic heterocycles. The number of benzene rings is 1. The standard InChI is InChI=1S/C14H15ClF3NO3S/c1-3-22-12(20)7-23-8(2)13(21)19-11-5-4-9(15)6-10(11)14(16,17)18/h4-6,8H,3,7H2,1-2H3,(H,19,21). The van der Waals surface area contributed by atoms with E-state index in [1.807, 2.05) is 0 Å². The minimum absolute atomic E-state index is 0.0603. The van der Waals surface area contributed by atoms with Crippen molar-refractivity contribution in [2.45, 2.75) is 25.3 Å². The Balaban J connectivity index is 2.76. The quantitative estimate of drug-likeness (QED) is 0.770. The molecule has 1 aromatic rings. The van der Waals surface area contributed by atoms with E-state index in [1.165, 1.54) is 13.0 Å². The zero-order valence-electron chi connectivity index (χ0n) is 12.4. The average molecular weight is 370 g/mol. The molecule has 9 heteroatoms. The molecule has 0 aliphatic carbocycles. The molecule has 0 aromatic heterocycles. The summed E-state index contributed by atoms with van der Waals surface area (Å²) < 4.78 is 43.5. The Morgan fingerprint density at radius 1 is 1.39 bits per heavy atom. The van der Waals surface area contributed by atoms with Crippen LogP contribution >= 0.6 is 23.4 Å². The maximum absolute atomic E-state index is 12.9. The fourth-order valence-electron chi connectivity index (χ4n) is 1.57. The first-order chi connectivity index (χ1) is 10.6. The van der Waals surface area contributed by atoms with Crippen molar-refractivity contribution < 1.29 is 27.5 Å². The molecule has 4 nitrogen and oxygen atoms in total. The number of thioether (sulfide) groups is 1. The van der Waals surface area contributed by atoms with Gasteiger partial charge in [-0.15, -0.1) is 11.8 Å². The lowest BCUT2D eigenvalue weighted by molar-refractivity contribution is -0.140. The molecule has 0 saturated carbocycles. The van der Waals surface area contributed by atoms with E-state index in [4.69, 9.17) is 16.3 Å². The molecule has 1 atom stereocenters. The Kier molecular flexibility index (Phi) is 7.21. The highest BCUT2D eigenvalue weighted by molar-refractivity contribution is 8.01. The number of carbonyl (C=O) groups excluding carboxylic acids is 2. The van der Waals surface area contributed by atoms with Crippen LogP contribution in [0.15, 0.2) is 18.2 Å². The summed E-state index contributed by atoms with van der Waals surface area (Å²) >= 11 is 6.54. The number of ether oxygens (including phenoxy) is 1. The second-order valence-electron chi connectivity index (χ2n) is 4.44. The van der Waals surface area contributed by atoms with Crippen LogP contribution in [0.5, 0.6) is 0 Å². The lowest BCUT2D eigenvalue weighted by Crippen LogP contribution is -2.25. The maximum Gasteiger partial charge on any atom is 0.418 e. The van der Waals surface area contributed by atoms with E-state index in [0.717, 1.165) is 23.9 Å². The van der Waals surface area contributed by atoms with Crippen LogP contribution in [0.25, 0.3) is 0 Å². The summed E-state index contributed by atoms with van der Waals surface area (Å²) in [7, 11) is 0. The topological polar surface area (TPSA) is 55.4 Å². The number of rotatable bonds is 6. The number of amides is 1. The molecule has 1 amide bonds. The molecule has 0 spiro atoms. The van der Waals surface area contributed by atoms with Crippen LogP contribution in [0, 0.1) is 0 Å². The zero-order chi connectivity index (χ0) is 17.6. The number of esters is 1. The van der Waals surface area contributed by atoms with Gasteiger partial charge in [-0.3, -0.25) is 9.59 Å². The predicted octanol–water partition coefficient (Wildman–Crippen LogP) is 3.98. The molecule has 1 rings (SSSR count). The number of hydrogen-bond acceptors (Lipinski definition) is 4. The molecule has 0 aliphatic rings. The van der Waals surface area contributed by atoms with Gasteiger partial charge in [-0.05, 0) is 32.0 Å². The predicted molar refractivity (Wildman–Crippen MR) is 83.6 cm³/mol. The van der Waals surface area contributed by atoms with Crippen molar-refractivity contribution in [2.75, 3.05) is 17.7 Å². The van der Waals surface area contributed by atoms with E-state index in [2.05, 4.69) is 5.32 Å².